The highest BCUT2D eigenvalue weighted by molar-refractivity contribution is 5.21. The Labute approximate surface area is 88.5 Å². The number of nitrogens with one attached hydrogen (secondary N) is 3. The van der Waals surface area contributed by atoms with Gasteiger partial charge in [-0.1, -0.05) is 0 Å². The van der Waals surface area contributed by atoms with Crippen molar-refractivity contribution < 1.29 is 0 Å². The second kappa shape index (κ2) is 3.52. The number of hydrogen-bond acceptors (Lipinski definition) is 2. The lowest BCUT2D eigenvalue weighted by molar-refractivity contribution is 0.569. The molecule has 2 aliphatic rings. The second-order valence-electron chi connectivity index (χ2n) is 4.81. The van der Waals surface area contributed by atoms with Gasteiger partial charge in [0, 0.05) is 17.3 Å². The average molecular weight is 207 g/mol. The van der Waals surface area contributed by atoms with Crippen LogP contribution in [0.1, 0.15) is 36.6 Å². The lowest BCUT2D eigenvalue weighted by Gasteiger charge is -2.07. The third-order valence-corrected chi connectivity index (χ3v) is 3.48. The first-order valence-corrected chi connectivity index (χ1v) is 5.84. The van der Waals surface area contributed by atoms with Gasteiger partial charge in [0.2, 0.25) is 0 Å². The molecule has 4 nitrogen and oxygen atoms in total. The van der Waals surface area contributed by atoms with Crippen molar-refractivity contribution in [3.8, 4) is 0 Å². The number of hydrogen-bond donors (Lipinski definition) is 3. The van der Waals surface area contributed by atoms with Gasteiger partial charge in [-0.05, 0) is 44.7 Å². The molecule has 1 saturated carbocycles. The Bertz CT molecular complexity index is 396. The zero-order chi connectivity index (χ0) is 10.3. The fourth-order valence-corrected chi connectivity index (χ4v) is 2.49. The third kappa shape index (κ3) is 1.86. The highest BCUT2D eigenvalue weighted by Gasteiger charge is 2.29. The molecule has 1 saturated heterocycles. The maximum Gasteiger partial charge on any atom is 0.323 e. The summed E-state index contributed by atoms with van der Waals surface area (Å²) in [6.45, 7) is 2.22. The Kier molecular flexibility index (Phi) is 2.16. The fraction of sp³-hybridized carbons (Fsp3) is 0.727. The van der Waals surface area contributed by atoms with Crippen molar-refractivity contribution in [2.24, 2.45) is 5.92 Å². The minimum absolute atomic E-state index is 0.0298. The van der Waals surface area contributed by atoms with Crippen LogP contribution in [0.3, 0.4) is 0 Å². The number of H-pyrrole nitrogens is 2. The van der Waals surface area contributed by atoms with Gasteiger partial charge in [0.25, 0.3) is 0 Å². The van der Waals surface area contributed by atoms with Crippen molar-refractivity contribution >= 4 is 0 Å². The Balaban J connectivity index is 1.80. The molecule has 1 aromatic rings. The van der Waals surface area contributed by atoms with Gasteiger partial charge in [0.05, 0.1) is 0 Å². The zero-order valence-corrected chi connectivity index (χ0v) is 8.81. The highest BCUT2D eigenvalue weighted by Crippen LogP contribution is 2.40. The van der Waals surface area contributed by atoms with E-state index in [1.807, 2.05) is 0 Å². The summed E-state index contributed by atoms with van der Waals surface area (Å²) in [5.74, 6) is 1.34. The molecule has 0 amide bonds. The van der Waals surface area contributed by atoms with E-state index >= 15 is 0 Å². The van der Waals surface area contributed by atoms with E-state index in [9.17, 15) is 4.79 Å². The van der Waals surface area contributed by atoms with E-state index < -0.39 is 0 Å². The maximum atomic E-state index is 11.3. The van der Waals surface area contributed by atoms with Gasteiger partial charge in [0.15, 0.2) is 0 Å². The summed E-state index contributed by atoms with van der Waals surface area (Å²) in [5.41, 5.74) is 2.32. The summed E-state index contributed by atoms with van der Waals surface area (Å²) < 4.78 is 0. The van der Waals surface area contributed by atoms with Crippen molar-refractivity contribution in [1.82, 2.24) is 15.3 Å². The lowest BCUT2D eigenvalue weighted by Crippen LogP contribution is -2.12. The minimum Gasteiger partial charge on any atom is -0.316 e. The zero-order valence-electron chi connectivity index (χ0n) is 8.81. The molecule has 1 aliphatic heterocycles. The lowest BCUT2D eigenvalue weighted by atomic mass is 10.0. The molecule has 0 aromatic carbocycles. The first kappa shape index (κ1) is 9.21. The van der Waals surface area contributed by atoms with Crippen molar-refractivity contribution in [2.45, 2.75) is 31.6 Å². The summed E-state index contributed by atoms with van der Waals surface area (Å²) in [4.78, 5) is 17.2. The fourth-order valence-electron chi connectivity index (χ4n) is 2.49. The molecular weight excluding hydrogens is 190 g/mol. The largest absolute Gasteiger partial charge is 0.323 e. The quantitative estimate of drug-likeness (QED) is 0.684. The highest BCUT2D eigenvalue weighted by atomic mass is 16.1. The predicted molar refractivity (Wildman–Crippen MR) is 58.1 cm³/mol. The maximum absolute atomic E-state index is 11.3. The van der Waals surface area contributed by atoms with Gasteiger partial charge in [-0.3, -0.25) is 0 Å². The minimum atomic E-state index is -0.0298. The first-order chi connectivity index (χ1) is 7.33. The van der Waals surface area contributed by atoms with Crippen LogP contribution in [-0.2, 0) is 6.42 Å². The van der Waals surface area contributed by atoms with Crippen LogP contribution >= 0.6 is 0 Å². The van der Waals surface area contributed by atoms with Crippen molar-refractivity contribution in [2.75, 3.05) is 13.1 Å². The molecule has 1 unspecified atom stereocenters. The normalized spacial score (nSPS) is 26.0. The van der Waals surface area contributed by atoms with Gasteiger partial charge >= 0.3 is 5.69 Å². The van der Waals surface area contributed by atoms with Gasteiger partial charge < -0.3 is 15.3 Å². The standard InChI is InChI=1S/C11H17N3O/c15-11-13-9(5-7-3-4-12-6-7)10(14-11)8-1-2-8/h7-8,12H,1-6H2,(H2,13,14,15). The Morgan fingerprint density at radius 1 is 1.20 bits per heavy atom. The summed E-state index contributed by atoms with van der Waals surface area (Å²) in [6.07, 6.45) is 4.74. The number of imidazole rings is 1. The van der Waals surface area contributed by atoms with Crippen LogP contribution in [0.25, 0.3) is 0 Å². The summed E-state index contributed by atoms with van der Waals surface area (Å²) in [6, 6.07) is 0. The van der Waals surface area contributed by atoms with Crippen LogP contribution in [-0.4, -0.2) is 23.1 Å². The molecule has 3 rings (SSSR count). The number of rotatable bonds is 3. The molecule has 0 spiro atoms. The summed E-state index contributed by atoms with van der Waals surface area (Å²) in [5, 5.41) is 3.36. The third-order valence-electron chi connectivity index (χ3n) is 3.48. The van der Waals surface area contributed by atoms with Gasteiger partial charge in [0.1, 0.15) is 0 Å². The van der Waals surface area contributed by atoms with Crippen LogP contribution in [0, 0.1) is 5.92 Å². The second-order valence-corrected chi connectivity index (χ2v) is 4.81. The van der Waals surface area contributed by atoms with E-state index in [-0.39, 0.29) is 5.69 Å². The molecule has 3 N–H and O–H groups in total. The van der Waals surface area contributed by atoms with E-state index in [1.165, 1.54) is 25.0 Å². The Hall–Kier alpha value is -1.03. The van der Waals surface area contributed by atoms with Crippen LogP contribution in [0.5, 0.6) is 0 Å². The van der Waals surface area contributed by atoms with Crippen LogP contribution in [0.4, 0.5) is 0 Å². The SMILES string of the molecule is O=c1[nH]c(CC2CCNC2)c(C2CC2)[nH]1. The Morgan fingerprint density at radius 3 is 2.73 bits per heavy atom. The Morgan fingerprint density at radius 2 is 2.07 bits per heavy atom. The van der Waals surface area contributed by atoms with E-state index in [0.29, 0.717) is 11.8 Å². The van der Waals surface area contributed by atoms with Crippen molar-refractivity contribution in [3.63, 3.8) is 0 Å². The van der Waals surface area contributed by atoms with Crippen molar-refractivity contribution in [1.29, 1.82) is 0 Å². The van der Waals surface area contributed by atoms with E-state index in [2.05, 4.69) is 15.3 Å². The molecule has 1 atom stereocenters. The topological polar surface area (TPSA) is 60.7 Å². The van der Waals surface area contributed by atoms with Gasteiger partial charge in [-0.15, -0.1) is 0 Å². The predicted octanol–water partition coefficient (Wildman–Crippen LogP) is 0.732. The summed E-state index contributed by atoms with van der Waals surface area (Å²) >= 11 is 0. The van der Waals surface area contributed by atoms with Gasteiger partial charge in [-0.2, -0.15) is 0 Å². The van der Waals surface area contributed by atoms with E-state index in [0.717, 1.165) is 25.2 Å². The van der Waals surface area contributed by atoms with Crippen LogP contribution < -0.4 is 11.0 Å². The molecule has 1 aliphatic carbocycles. The molecule has 4 heteroatoms. The molecule has 82 valence electrons. The molecular formula is C11H17N3O. The molecule has 2 heterocycles. The number of aromatic amines is 2. The molecule has 0 bridgehead atoms. The average Bonchev–Trinajstić information content (AvgIpc) is 2.81. The molecule has 1 aromatic heterocycles. The van der Waals surface area contributed by atoms with E-state index in [4.69, 9.17) is 0 Å². The first-order valence-electron chi connectivity index (χ1n) is 5.84. The van der Waals surface area contributed by atoms with Crippen LogP contribution in [0.15, 0.2) is 4.79 Å². The van der Waals surface area contributed by atoms with Gasteiger partial charge in [-0.25, -0.2) is 4.79 Å². The van der Waals surface area contributed by atoms with Crippen molar-refractivity contribution in [3.05, 3.63) is 21.9 Å². The molecule has 2 fully saturated rings. The monoisotopic (exact) mass is 207 g/mol. The smallest absolute Gasteiger partial charge is 0.316 e. The summed E-state index contributed by atoms with van der Waals surface area (Å²) in [7, 11) is 0. The van der Waals surface area contributed by atoms with Crippen LogP contribution in [0.2, 0.25) is 0 Å². The molecule has 0 radical (unpaired) electrons. The van der Waals surface area contributed by atoms with E-state index in [1.54, 1.807) is 0 Å². The molecule has 15 heavy (non-hydrogen) atoms. The number of aromatic nitrogens is 2.